The minimum atomic E-state index is -0.532. The highest BCUT2D eigenvalue weighted by Gasteiger charge is 2.22. The molecule has 0 aliphatic carbocycles. The van der Waals surface area contributed by atoms with Crippen molar-refractivity contribution in [2.45, 2.75) is 13.0 Å². The van der Waals surface area contributed by atoms with Gasteiger partial charge in [-0.3, -0.25) is 4.79 Å². The normalized spacial score (nSPS) is 12.0. The first-order valence-electron chi connectivity index (χ1n) is 7.84. The van der Waals surface area contributed by atoms with Crippen molar-refractivity contribution in [3.63, 3.8) is 0 Å². The molecule has 1 atom stereocenters. The van der Waals surface area contributed by atoms with Gasteiger partial charge in [0.25, 0.3) is 5.56 Å². The average molecular weight is 358 g/mol. The number of carbonyl (C=O) groups is 1. The second-order valence-electron chi connectivity index (χ2n) is 5.85. The van der Waals surface area contributed by atoms with Crippen molar-refractivity contribution in [2.24, 2.45) is 0 Å². The number of H-pyrrole nitrogens is 1. The quantitative estimate of drug-likeness (QED) is 0.753. The van der Waals surface area contributed by atoms with Crippen LogP contribution in [0, 0.1) is 11.6 Å². The second kappa shape index (κ2) is 6.91. The molecule has 8 heteroatoms. The van der Waals surface area contributed by atoms with Crippen molar-refractivity contribution in [1.82, 2.24) is 15.1 Å². The van der Waals surface area contributed by atoms with Gasteiger partial charge in [0.2, 0.25) is 0 Å². The molecule has 0 unspecified atom stereocenters. The van der Waals surface area contributed by atoms with Crippen molar-refractivity contribution in [2.75, 3.05) is 12.4 Å². The molecule has 2 amide bonds. The van der Waals surface area contributed by atoms with E-state index in [-0.39, 0.29) is 5.39 Å². The number of urea groups is 1. The van der Waals surface area contributed by atoms with Crippen LogP contribution in [-0.2, 0) is 0 Å². The molecule has 0 aliphatic rings. The highest BCUT2D eigenvalue weighted by atomic mass is 19.1. The first-order valence-corrected chi connectivity index (χ1v) is 7.84. The standard InChI is InChI=1S/C18H16F2N4O2/c1-10(24(2)18(26)21-13-6-3-11(19)4-7-13)16-14-8-5-12(20)9-15(14)17(25)23-22-16/h3-10H,1-2H3,(H,21,26)(H,23,25)/t10-/m1/s1. The summed E-state index contributed by atoms with van der Waals surface area (Å²) in [6.07, 6.45) is 0. The molecule has 0 aliphatic heterocycles. The van der Waals surface area contributed by atoms with Crippen molar-refractivity contribution in [1.29, 1.82) is 0 Å². The fraction of sp³-hybridized carbons (Fsp3) is 0.167. The largest absolute Gasteiger partial charge is 0.322 e. The van der Waals surface area contributed by atoms with Gasteiger partial charge in [-0.15, -0.1) is 0 Å². The lowest BCUT2D eigenvalue weighted by atomic mass is 10.1. The van der Waals surface area contributed by atoms with Crippen LogP contribution in [0.5, 0.6) is 0 Å². The predicted octanol–water partition coefficient (Wildman–Crippen LogP) is 3.43. The van der Waals surface area contributed by atoms with E-state index in [1.165, 1.54) is 41.3 Å². The van der Waals surface area contributed by atoms with Gasteiger partial charge in [0, 0.05) is 18.1 Å². The van der Waals surface area contributed by atoms with Crippen LogP contribution in [-0.4, -0.2) is 28.2 Å². The van der Waals surface area contributed by atoms with E-state index in [1.807, 2.05) is 0 Å². The fourth-order valence-electron chi connectivity index (χ4n) is 2.58. The van der Waals surface area contributed by atoms with Crippen LogP contribution in [0.1, 0.15) is 18.7 Å². The number of anilines is 1. The van der Waals surface area contributed by atoms with Crippen LogP contribution < -0.4 is 10.9 Å². The highest BCUT2D eigenvalue weighted by molar-refractivity contribution is 5.90. The number of amides is 2. The van der Waals surface area contributed by atoms with Gasteiger partial charge in [0.1, 0.15) is 11.6 Å². The van der Waals surface area contributed by atoms with E-state index in [0.717, 1.165) is 6.07 Å². The van der Waals surface area contributed by atoms with Crippen LogP contribution >= 0.6 is 0 Å². The molecule has 26 heavy (non-hydrogen) atoms. The van der Waals surface area contributed by atoms with Crippen LogP contribution in [0.2, 0.25) is 0 Å². The van der Waals surface area contributed by atoms with E-state index in [2.05, 4.69) is 15.5 Å². The molecule has 0 saturated heterocycles. The fourth-order valence-corrected chi connectivity index (χ4v) is 2.58. The number of hydrogen-bond acceptors (Lipinski definition) is 3. The molecule has 2 aromatic carbocycles. The Morgan fingerprint density at radius 3 is 2.46 bits per heavy atom. The van der Waals surface area contributed by atoms with E-state index in [1.54, 1.807) is 14.0 Å². The summed E-state index contributed by atoms with van der Waals surface area (Å²) >= 11 is 0. The summed E-state index contributed by atoms with van der Waals surface area (Å²) in [5.74, 6) is -0.934. The van der Waals surface area contributed by atoms with Gasteiger partial charge in [-0.25, -0.2) is 18.7 Å². The van der Waals surface area contributed by atoms with Crippen LogP contribution in [0.25, 0.3) is 10.8 Å². The Labute approximate surface area is 147 Å². The summed E-state index contributed by atoms with van der Waals surface area (Å²) in [6, 6.07) is 8.25. The lowest BCUT2D eigenvalue weighted by Crippen LogP contribution is -2.34. The number of rotatable bonds is 3. The van der Waals surface area contributed by atoms with Gasteiger partial charge in [0.05, 0.1) is 17.1 Å². The SMILES string of the molecule is C[C@H](c1n[nH]c(=O)c2cc(F)ccc12)N(C)C(=O)Nc1ccc(F)cc1. The van der Waals surface area contributed by atoms with E-state index < -0.39 is 29.3 Å². The maximum absolute atomic E-state index is 13.4. The van der Waals surface area contributed by atoms with Gasteiger partial charge < -0.3 is 10.2 Å². The molecule has 6 nitrogen and oxygen atoms in total. The van der Waals surface area contributed by atoms with Crippen molar-refractivity contribution in [3.8, 4) is 0 Å². The summed E-state index contributed by atoms with van der Waals surface area (Å²) < 4.78 is 26.4. The van der Waals surface area contributed by atoms with Crippen LogP contribution in [0.3, 0.4) is 0 Å². The number of aromatic amines is 1. The minimum absolute atomic E-state index is 0.161. The molecule has 1 heterocycles. The van der Waals surface area contributed by atoms with E-state index in [0.29, 0.717) is 16.8 Å². The summed E-state index contributed by atoms with van der Waals surface area (Å²) in [4.78, 5) is 25.7. The Morgan fingerprint density at radius 1 is 1.12 bits per heavy atom. The lowest BCUT2D eigenvalue weighted by molar-refractivity contribution is 0.207. The summed E-state index contributed by atoms with van der Waals surface area (Å²) in [5.41, 5.74) is 0.363. The first-order chi connectivity index (χ1) is 12.4. The molecular formula is C18H16F2N4O2. The number of carbonyl (C=O) groups excluding carboxylic acids is 1. The Kier molecular flexibility index (Phi) is 4.66. The minimum Gasteiger partial charge on any atom is -0.319 e. The zero-order valence-electron chi connectivity index (χ0n) is 14.1. The Bertz CT molecular complexity index is 1020. The summed E-state index contributed by atoms with van der Waals surface area (Å²) in [5, 5.41) is 9.63. The number of aromatic nitrogens is 2. The lowest BCUT2D eigenvalue weighted by Gasteiger charge is -2.25. The maximum atomic E-state index is 13.4. The number of nitrogens with one attached hydrogen (secondary N) is 2. The van der Waals surface area contributed by atoms with Gasteiger partial charge in [0.15, 0.2) is 0 Å². The zero-order chi connectivity index (χ0) is 18.8. The summed E-state index contributed by atoms with van der Waals surface area (Å²) in [6.45, 7) is 1.73. The second-order valence-corrected chi connectivity index (χ2v) is 5.85. The first kappa shape index (κ1) is 17.5. The monoisotopic (exact) mass is 358 g/mol. The topological polar surface area (TPSA) is 78.1 Å². The number of nitrogens with zero attached hydrogens (tertiary/aromatic N) is 2. The van der Waals surface area contributed by atoms with Crippen molar-refractivity contribution < 1.29 is 13.6 Å². The molecule has 0 bridgehead atoms. The smallest absolute Gasteiger partial charge is 0.319 e. The molecule has 1 aromatic heterocycles. The average Bonchev–Trinajstić information content (AvgIpc) is 2.63. The number of halogens is 2. The predicted molar refractivity (Wildman–Crippen MR) is 93.9 cm³/mol. The Balaban J connectivity index is 1.88. The molecule has 3 aromatic rings. The molecule has 0 fully saturated rings. The highest BCUT2D eigenvalue weighted by Crippen LogP contribution is 2.24. The van der Waals surface area contributed by atoms with Crippen LogP contribution in [0.15, 0.2) is 47.3 Å². The van der Waals surface area contributed by atoms with Gasteiger partial charge >= 0.3 is 6.03 Å². The van der Waals surface area contributed by atoms with Gasteiger partial charge in [-0.1, -0.05) is 0 Å². The van der Waals surface area contributed by atoms with E-state index >= 15 is 0 Å². The summed E-state index contributed by atoms with van der Waals surface area (Å²) in [7, 11) is 1.56. The van der Waals surface area contributed by atoms with E-state index in [9.17, 15) is 18.4 Å². The third kappa shape index (κ3) is 3.39. The van der Waals surface area contributed by atoms with E-state index in [4.69, 9.17) is 0 Å². The third-order valence-corrected chi connectivity index (χ3v) is 4.17. The Morgan fingerprint density at radius 2 is 1.77 bits per heavy atom. The molecule has 134 valence electrons. The molecule has 0 spiro atoms. The maximum Gasteiger partial charge on any atom is 0.322 e. The number of fused-ring (bicyclic) bond motifs is 1. The molecule has 0 radical (unpaired) electrons. The number of hydrogen-bond donors (Lipinski definition) is 2. The third-order valence-electron chi connectivity index (χ3n) is 4.17. The molecular weight excluding hydrogens is 342 g/mol. The number of benzene rings is 2. The molecule has 3 rings (SSSR count). The van der Waals surface area contributed by atoms with Gasteiger partial charge in [-0.2, -0.15) is 5.10 Å². The zero-order valence-corrected chi connectivity index (χ0v) is 14.1. The Hall–Kier alpha value is -3.29. The molecule has 2 N–H and O–H groups in total. The molecule has 0 saturated carbocycles. The van der Waals surface area contributed by atoms with Crippen molar-refractivity contribution in [3.05, 3.63) is 70.1 Å². The van der Waals surface area contributed by atoms with Gasteiger partial charge in [-0.05, 0) is 49.4 Å². The van der Waals surface area contributed by atoms with Crippen molar-refractivity contribution >= 4 is 22.5 Å². The van der Waals surface area contributed by atoms with Crippen LogP contribution in [0.4, 0.5) is 19.3 Å².